The van der Waals surface area contributed by atoms with Crippen LogP contribution in [-0.2, 0) is 0 Å². The number of nitriles is 1. The molecule has 0 fully saturated rings. The summed E-state index contributed by atoms with van der Waals surface area (Å²) in [6, 6.07) is 2.53. The second kappa shape index (κ2) is 5.77. The second-order valence-corrected chi connectivity index (χ2v) is 2.68. The first-order valence-corrected chi connectivity index (χ1v) is 3.76. The molecule has 0 unspecified atom stereocenters. The van der Waals surface area contributed by atoms with Gasteiger partial charge in [-0.2, -0.15) is 5.26 Å². The van der Waals surface area contributed by atoms with Crippen molar-refractivity contribution < 1.29 is 0 Å². The lowest BCUT2D eigenvalue weighted by Gasteiger charge is -2.22. The minimum Gasteiger partial charge on any atom is -0.289 e. The Morgan fingerprint density at radius 3 is 2.55 bits per heavy atom. The number of rotatable bonds is 4. The molecule has 2 nitrogen and oxygen atoms in total. The zero-order valence-electron chi connectivity index (χ0n) is 7.17. The van der Waals surface area contributed by atoms with Crippen LogP contribution in [-0.4, -0.2) is 24.0 Å². The Kier molecular flexibility index (Phi) is 5.25. The molecule has 0 aliphatic rings. The zero-order chi connectivity index (χ0) is 8.69. The quantitative estimate of drug-likeness (QED) is 0.564. The van der Waals surface area contributed by atoms with Crippen molar-refractivity contribution >= 4 is 0 Å². The Morgan fingerprint density at radius 1 is 1.55 bits per heavy atom. The Hall–Kier alpha value is -0.990. The molecule has 0 aliphatic heterocycles. The van der Waals surface area contributed by atoms with E-state index in [0.29, 0.717) is 19.0 Å². The molecule has 0 bridgehead atoms. The predicted molar refractivity (Wildman–Crippen MR) is 45.8 cm³/mol. The van der Waals surface area contributed by atoms with E-state index in [4.69, 9.17) is 11.7 Å². The fourth-order valence-electron chi connectivity index (χ4n) is 0.831. The average Bonchev–Trinajstić information content (AvgIpc) is 1.97. The van der Waals surface area contributed by atoms with E-state index in [1.54, 1.807) is 0 Å². The summed E-state index contributed by atoms with van der Waals surface area (Å²) in [4.78, 5) is 2.10. The summed E-state index contributed by atoms with van der Waals surface area (Å²) in [5.74, 6) is 2.57. The van der Waals surface area contributed by atoms with Gasteiger partial charge in [-0.25, -0.2) is 0 Å². The molecule has 0 aromatic rings. The molecule has 0 aromatic heterocycles. The molecular formula is C9H14N2. The molecule has 0 N–H and O–H groups in total. The third kappa shape index (κ3) is 4.42. The fraction of sp³-hybridized carbons (Fsp3) is 0.667. The first kappa shape index (κ1) is 10.0. The molecule has 0 aromatic carbocycles. The largest absolute Gasteiger partial charge is 0.289 e. The van der Waals surface area contributed by atoms with Gasteiger partial charge in [0.15, 0.2) is 0 Å². The first-order valence-electron chi connectivity index (χ1n) is 3.76. The molecular weight excluding hydrogens is 136 g/mol. The Labute approximate surface area is 68.8 Å². The third-order valence-corrected chi connectivity index (χ3v) is 1.54. The van der Waals surface area contributed by atoms with E-state index >= 15 is 0 Å². The van der Waals surface area contributed by atoms with Crippen molar-refractivity contribution in [1.29, 1.82) is 5.26 Å². The van der Waals surface area contributed by atoms with Crippen LogP contribution in [0.25, 0.3) is 0 Å². The monoisotopic (exact) mass is 150 g/mol. The summed E-state index contributed by atoms with van der Waals surface area (Å²) in [5.41, 5.74) is 0. The van der Waals surface area contributed by atoms with Gasteiger partial charge in [0, 0.05) is 19.0 Å². The molecule has 0 saturated carbocycles. The van der Waals surface area contributed by atoms with Crippen LogP contribution in [0, 0.1) is 23.7 Å². The lowest BCUT2D eigenvalue weighted by atomic mass is 10.3. The highest BCUT2D eigenvalue weighted by atomic mass is 15.1. The van der Waals surface area contributed by atoms with Crippen molar-refractivity contribution in [3.63, 3.8) is 0 Å². The van der Waals surface area contributed by atoms with Crippen LogP contribution >= 0.6 is 0 Å². The molecule has 2 heteroatoms. The van der Waals surface area contributed by atoms with Gasteiger partial charge in [-0.1, -0.05) is 5.92 Å². The van der Waals surface area contributed by atoms with Gasteiger partial charge in [-0.3, -0.25) is 4.90 Å². The van der Waals surface area contributed by atoms with Gasteiger partial charge >= 0.3 is 0 Å². The number of terminal acetylenes is 1. The standard InChI is InChI=1S/C9H14N2/c1-4-7-11(9(2)3)8-5-6-10/h1,9H,5,7-8H2,2-3H3. The highest BCUT2D eigenvalue weighted by molar-refractivity contribution is 4.89. The van der Waals surface area contributed by atoms with Gasteiger partial charge in [0.05, 0.1) is 12.6 Å². The fourth-order valence-corrected chi connectivity index (χ4v) is 0.831. The van der Waals surface area contributed by atoms with Crippen molar-refractivity contribution in [2.75, 3.05) is 13.1 Å². The number of hydrogen-bond donors (Lipinski definition) is 0. The van der Waals surface area contributed by atoms with Crippen LogP contribution < -0.4 is 0 Å². The summed E-state index contributed by atoms with van der Waals surface area (Å²) < 4.78 is 0. The molecule has 11 heavy (non-hydrogen) atoms. The van der Waals surface area contributed by atoms with Crippen LogP contribution in [0.3, 0.4) is 0 Å². The van der Waals surface area contributed by atoms with Crippen molar-refractivity contribution in [3.8, 4) is 18.4 Å². The van der Waals surface area contributed by atoms with Crippen LogP contribution in [0.5, 0.6) is 0 Å². The highest BCUT2D eigenvalue weighted by Crippen LogP contribution is 1.97. The van der Waals surface area contributed by atoms with E-state index in [9.17, 15) is 0 Å². The van der Waals surface area contributed by atoms with E-state index in [-0.39, 0.29) is 0 Å². The summed E-state index contributed by atoms with van der Waals surface area (Å²) in [6.45, 7) is 5.57. The van der Waals surface area contributed by atoms with E-state index in [0.717, 1.165) is 6.54 Å². The summed E-state index contributed by atoms with van der Waals surface area (Å²) in [7, 11) is 0. The summed E-state index contributed by atoms with van der Waals surface area (Å²) in [6.07, 6.45) is 5.72. The van der Waals surface area contributed by atoms with Crippen molar-refractivity contribution in [2.24, 2.45) is 0 Å². The topological polar surface area (TPSA) is 27.0 Å². The van der Waals surface area contributed by atoms with Gasteiger partial charge in [-0.05, 0) is 13.8 Å². The van der Waals surface area contributed by atoms with Crippen molar-refractivity contribution in [1.82, 2.24) is 4.90 Å². The molecule has 0 atom stereocenters. The maximum Gasteiger partial charge on any atom is 0.0635 e. The van der Waals surface area contributed by atoms with E-state index in [2.05, 4.69) is 30.7 Å². The van der Waals surface area contributed by atoms with E-state index < -0.39 is 0 Å². The van der Waals surface area contributed by atoms with Gasteiger partial charge < -0.3 is 0 Å². The number of nitrogens with zero attached hydrogens (tertiary/aromatic N) is 2. The minimum atomic E-state index is 0.430. The maximum atomic E-state index is 8.34. The molecule has 0 saturated heterocycles. The normalized spacial score (nSPS) is 9.64. The third-order valence-electron chi connectivity index (χ3n) is 1.54. The lowest BCUT2D eigenvalue weighted by molar-refractivity contribution is 0.256. The van der Waals surface area contributed by atoms with Crippen LogP contribution in [0.1, 0.15) is 20.3 Å². The second-order valence-electron chi connectivity index (χ2n) is 2.68. The first-order chi connectivity index (χ1) is 5.22. The van der Waals surface area contributed by atoms with Crippen molar-refractivity contribution in [2.45, 2.75) is 26.3 Å². The smallest absolute Gasteiger partial charge is 0.0635 e. The van der Waals surface area contributed by atoms with Crippen LogP contribution in [0.2, 0.25) is 0 Å². The average molecular weight is 150 g/mol. The Bertz CT molecular complexity index is 171. The van der Waals surface area contributed by atoms with Gasteiger partial charge in [-0.15, -0.1) is 6.42 Å². The lowest BCUT2D eigenvalue weighted by Crippen LogP contribution is -2.31. The molecule has 0 rings (SSSR count). The van der Waals surface area contributed by atoms with Crippen molar-refractivity contribution in [3.05, 3.63) is 0 Å². The molecule has 0 spiro atoms. The maximum absolute atomic E-state index is 8.34. The molecule has 0 amide bonds. The Balaban J connectivity index is 3.73. The molecule has 60 valence electrons. The minimum absolute atomic E-state index is 0.430. The van der Waals surface area contributed by atoms with Crippen LogP contribution in [0.4, 0.5) is 0 Å². The predicted octanol–water partition coefficient (Wildman–Crippen LogP) is 1.24. The summed E-state index contributed by atoms with van der Waals surface area (Å²) in [5, 5.41) is 8.34. The molecule has 0 aliphatic carbocycles. The van der Waals surface area contributed by atoms with Gasteiger partial charge in [0.1, 0.15) is 0 Å². The van der Waals surface area contributed by atoms with E-state index in [1.807, 2.05) is 0 Å². The highest BCUT2D eigenvalue weighted by Gasteiger charge is 2.05. The van der Waals surface area contributed by atoms with Gasteiger partial charge in [0.2, 0.25) is 0 Å². The summed E-state index contributed by atoms with van der Waals surface area (Å²) >= 11 is 0. The number of hydrogen-bond acceptors (Lipinski definition) is 2. The van der Waals surface area contributed by atoms with Crippen LogP contribution in [0.15, 0.2) is 0 Å². The van der Waals surface area contributed by atoms with Gasteiger partial charge in [0.25, 0.3) is 0 Å². The van der Waals surface area contributed by atoms with E-state index in [1.165, 1.54) is 0 Å². The molecule has 0 radical (unpaired) electrons. The Morgan fingerprint density at radius 2 is 2.18 bits per heavy atom. The molecule has 0 heterocycles. The zero-order valence-corrected chi connectivity index (χ0v) is 7.17. The SMILES string of the molecule is C#CCN(CCC#N)C(C)C.